The summed E-state index contributed by atoms with van der Waals surface area (Å²) in [7, 11) is 0. The molecular weight excluding hydrogens is 345 g/mol. The van der Waals surface area contributed by atoms with Gasteiger partial charge < -0.3 is 15.4 Å². The average Bonchev–Trinajstić information content (AvgIpc) is 2.47. The Morgan fingerprint density at radius 2 is 2.00 bits per heavy atom. The molecule has 1 heterocycles. The summed E-state index contributed by atoms with van der Waals surface area (Å²) in [5, 5.41) is 6.26. The molecule has 1 fully saturated rings. The molecule has 2 unspecified atom stereocenters. The van der Waals surface area contributed by atoms with E-state index in [1.807, 2.05) is 0 Å². The first kappa shape index (κ1) is 20.6. The fourth-order valence-corrected chi connectivity index (χ4v) is 2.58. The number of piperidine rings is 1. The quantitative estimate of drug-likeness (QED) is 0.842. The van der Waals surface area contributed by atoms with Crippen molar-refractivity contribution in [1.29, 1.82) is 0 Å². The van der Waals surface area contributed by atoms with Crippen LogP contribution in [0.1, 0.15) is 25.3 Å². The van der Waals surface area contributed by atoms with Crippen molar-refractivity contribution in [3.63, 3.8) is 0 Å². The Labute approximate surface area is 145 Å². The maximum absolute atomic E-state index is 12.1. The molecule has 2 atom stereocenters. The average molecular weight is 367 g/mol. The SMILES string of the molecule is CC1CCNCC1NC(=O)CCc1ccc(OC(F)(F)F)cc1.Cl. The molecule has 136 valence electrons. The van der Waals surface area contributed by atoms with Gasteiger partial charge in [-0.1, -0.05) is 19.1 Å². The molecule has 8 heteroatoms. The van der Waals surface area contributed by atoms with Crippen LogP contribution in [0.4, 0.5) is 13.2 Å². The van der Waals surface area contributed by atoms with Gasteiger partial charge in [0, 0.05) is 19.0 Å². The van der Waals surface area contributed by atoms with Crippen molar-refractivity contribution in [2.45, 2.75) is 38.6 Å². The van der Waals surface area contributed by atoms with Gasteiger partial charge in [-0.3, -0.25) is 4.79 Å². The predicted molar refractivity (Wildman–Crippen MR) is 87.3 cm³/mol. The molecule has 0 radical (unpaired) electrons. The number of carbonyl (C=O) groups is 1. The van der Waals surface area contributed by atoms with Crippen LogP contribution in [0.15, 0.2) is 24.3 Å². The summed E-state index contributed by atoms with van der Waals surface area (Å²) in [6.45, 7) is 3.86. The molecule has 0 aromatic heterocycles. The van der Waals surface area contributed by atoms with Crippen LogP contribution in [0.25, 0.3) is 0 Å². The van der Waals surface area contributed by atoms with Crippen molar-refractivity contribution >= 4 is 18.3 Å². The van der Waals surface area contributed by atoms with Gasteiger partial charge in [-0.05, 0) is 43.0 Å². The molecular formula is C16H22ClF3N2O2. The highest BCUT2D eigenvalue weighted by atomic mass is 35.5. The number of rotatable bonds is 5. The minimum atomic E-state index is -4.69. The summed E-state index contributed by atoms with van der Waals surface area (Å²) in [5.74, 6) is 0.146. The molecule has 1 amide bonds. The van der Waals surface area contributed by atoms with E-state index >= 15 is 0 Å². The zero-order valence-corrected chi connectivity index (χ0v) is 14.2. The minimum Gasteiger partial charge on any atom is -0.406 e. The lowest BCUT2D eigenvalue weighted by Crippen LogP contribution is -2.50. The first-order valence-electron chi connectivity index (χ1n) is 7.68. The van der Waals surface area contributed by atoms with Crippen LogP contribution < -0.4 is 15.4 Å². The molecule has 2 rings (SSSR count). The molecule has 1 saturated heterocycles. The fourth-order valence-electron chi connectivity index (χ4n) is 2.58. The lowest BCUT2D eigenvalue weighted by molar-refractivity contribution is -0.274. The third-order valence-corrected chi connectivity index (χ3v) is 3.97. The summed E-state index contributed by atoms with van der Waals surface area (Å²) in [5.41, 5.74) is 0.796. The summed E-state index contributed by atoms with van der Waals surface area (Å²) < 4.78 is 40.0. The number of aryl methyl sites for hydroxylation is 1. The van der Waals surface area contributed by atoms with Crippen molar-refractivity contribution in [3.05, 3.63) is 29.8 Å². The molecule has 0 bridgehead atoms. The maximum atomic E-state index is 12.1. The van der Waals surface area contributed by atoms with Crippen LogP contribution >= 0.6 is 12.4 Å². The first-order valence-corrected chi connectivity index (χ1v) is 7.68. The van der Waals surface area contributed by atoms with Crippen LogP contribution in [0.5, 0.6) is 5.75 Å². The van der Waals surface area contributed by atoms with Gasteiger partial charge in [0.1, 0.15) is 5.75 Å². The third-order valence-electron chi connectivity index (χ3n) is 3.97. The third kappa shape index (κ3) is 6.97. The van der Waals surface area contributed by atoms with Crippen molar-refractivity contribution in [2.24, 2.45) is 5.92 Å². The van der Waals surface area contributed by atoms with Crippen molar-refractivity contribution in [2.75, 3.05) is 13.1 Å². The van der Waals surface area contributed by atoms with Gasteiger partial charge in [0.05, 0.1) is 0 Å². The van der Waals surface area contributed by atoms with E-state index in [-0.39, 0.29) is 30.1 Å². The zero-order valence-electron chi connectivity index (χ0n) is 13.4. The van der Waals surface area contributed by atoms with Crippen LogP contribution in [0.2, 0.25) is 0 Å². The van der Waals surface area contributed by atoms with Gasteiger partial charge in [0.25, 0.3) is 0 Å². The van der Waals surface area contributed by atoms with E-state index in [4.69, 9.17) is 0 Å². The number of nitrogens with one attached hydrogen (secondary N) is 2. The second kappa shape index (κ2) is 9.13. The van der Waals surface area contributed by atoms with Crippen LogP contribution in [-0.4, -0.2) is 31.4 Å². The van der Waals surface area contributed by atoms with Crippen molar-refractivity contribution < 1.29 is 22.7 Å². The topological polar surface area (TPSA) is 50.4 Å². The number of amides is 1. The van der Waals surface area contributed by atoms with Crippen molar-refractivity contribution in [3.8, 4) is 5.75 Å². The number of hydrogen-bond donors (Lipinski definition) is 2. The van der Waals surface area contributed by atoms with Gasteiger partial charge in [0.2, 0.25) is 5.91 Å². The lowest BCUT2D eigenvalue weighted by Gasteiger charge is -2.30. The Hall–Kier alpha value is -1.47. The minimum absolute atomic E-state index is 0. The second-order valence-corrected chi connectivity index (χ2v) is 5.84. The molecule has 0 aliphatic carbocycles. The fraction of sp³-hybridized carbons (Fsp3) is 0.562. The lowest BCUT2D eigenvalue weighted by atomic mass is 9.94. The highest BCUT2D eigenvalue weighted by Crippen LogP contribution is 2.23. The van der Waals surface area contributed by atoms with E-state index in [1.54, 1.807) is 12.1 Å². The monoisotopic (exact) mass is 366 g/mol. The van der Waals surface area contributed by atoms with E-state index in [9.17, 15) is 18.0 Å². The van der Waals surface area contributed by atoms with Gasteiger partial charge in [0.15, 0.2) is 0 Å². The summed E-state index contributed by atoms with van der Waals surface area (Å²) >= 11 is 0. The number of benzene rings is 1. The van der Waals surface area contributed by atoms with Gasteiger partial charge in [-0.2, -0.15) is 0 Å². The van der Waals surface area contributed by atoms with Crippen LogP contribution in [-0.2, 0) is 11.2 Å². The van der Waals surface area contributed by atoms with Gasteiger partial charge in [-0.15, -0.1) is 25.6 Å². The van der Waals surface area contributed by atoms with Crippen LogP contribution in [0.3, 0.4) is 0 Å². The smallest absolute Gasteiger partial charge is 0.406 e. The Bertz CT molecular complexity index is 523. The molecule has 1 aromatic rings. The largest absolute Gasteiger partial charge is 0.573 e. The van der Waals surface area contributed by atoms with Crippen LogP contribution in [0, 0.1) is 5.92 Å². The number of carbonyl (C=O) groups excluding carboxylic acids is 1. The zero-order chi connectivity index (χ0) is 16.9. The van der Waals surface area contributed by atoms with Crippen molar-refractivity contribution in [1.82, 2.24) is 10.6 Å². The standard InChI is InChI=1S/C16H21F3N2O2.ClH/c1-11-8-9-20-10-14(11)21-15(22)7-4-12-2-5-13(6-3-12)23-16(17,18)19;/h2-3,5-6,11,14,20H,4,7-10H2,1H3,(H,21,22);1H. The molecule has 2 N–H and O–H groups in total. The molecule has 1 aromatic carbocycles. The maximum Gasteiger partial charge on any atom is 0.573 e. The van der Waals surface area contributed by atoms with E-state index in [2.05, 4.69) is 22.3 Å². The molecule has 0 saturated carbocycles. The molecule has 4 nitrogen and oxygen atoms in total. The highest BCUT2D eigenvalue weighted by Gasteiger charge is 2.31. The summed E-state index contributed by atoms with van der Waals surface area (Å²) in [4.78, 5) is 12.0. The molecule has 1 aliphatic heterocycles. The number of hydrogen-bond acceptors (Lipinski definition) is 3. The predicted octanol–water partition coefficient (Wildman–Crippen LogP) is 3.05. The summed E-state index contributed by atoms with van der Waals surface area (Å²) in [6, 6.07) is 5.74. The first-order chi connectivity index (χ1) is 10.8. The van der Waals surface area contributed by atoms with E-state index in [0.717, 1.165) is 25.1 Å². The summed E-state index contributed by atoms with van der Waals surface area (Å²) in [6.07, 6.45) is -2.87. The molecule has 1 aliphatic rings. The Balaban J connectivity index is 0.00000288. The number of halogens is 4. The van der Waals surface area contributed by atoms with E-state index < -0.39 is 6.36 Å². The Morgan fingerprint density at radius 3 is 2.58 bits per heavy atom. The number of alkyl halides is 3. The van der Waals surface area contributed by atoms with E-state index in [0.29, 0.717) is 18.8 Å². The van der Waals surface area contributed by atoms with E-state index in [1.165, 1.54) is 12.1 Å². The Kier molecular flexibility index (Phi) is 7.83. The molecule has 0 spiro atoms. The Morgan fingerprint density at radius 1 is 1.33 bits per heavy atom. The normalized spacial score (nSPS) is 20.8. The highest BCUT2D eigenvalue weighted by molar-refractivity contribution is 5.85. The van der Waals surface area contributed by atoms with Gasteiger partial charge in [-0.25, -0.2) is 0 Å². The molecule has 24 heavy (non-hydrogen) atoms. The van der Waals surface area contributed by atoms with Gasteiger partial charge >= 0.3 is 6.36 Å². The second-order valence-electron chi connectivity index (χ2n) is 5.84. The number of ether oxygens (including phenoxy) is 1.